The van der Waals surface area contributed by atoms with Crippen LogP contribution in [0.2, 0.25) is 0 Å². The number of pyridine rings is 1. The summed E-state index contributed by atoms with van der Waals surface area (Å²) >= 11 is 0. The first-order chi connectivity index (χ1) is 10.7. The van der Waals surface area contributed by atoms with Gasteiger partial charge in [-0.3, -0.25) is 9.89 Å². The average molecular weight is 291 g/mol. The topological polar surface area (TPSA) is 75.1 Å². The smallest absolute Gasteiger partial charge is 0.275 e. The normalized spacial score (nSPS) is 11.1. The second-order valence-corrected chi connectivity index (χ2v) is 5.22. The number of carbonyl (C=O) groups excluding carboxylic acids is 1. The van der Waals surface area contributed by atoms with Gasteiger partial charge >= 0.3 is 0 Å². The lowest BCUT2D eigenvalue weighted by Gasteiger charge is -2.02. The minimum Gasteiger partial charge on any atom is -0.321 e. The second kappa shape index (κ2) is 4.70. The molecule has 1 amide bonds. The van der Waals surface area contributed by atoms with Crippen molar-refractivity contribution in [2.24, 2.45) is 0 Å². The van der Waals surface area contributed by atoms with Crippen LogP contribution in [-0.4, -0.2) is 25.5 Å². The molecule has 0 aliphatic rings. The van der Waals surface area contributed by atoms with Crippen LogP contribution >= 0.6 is 0 Å². The van der Waals surface area contributed by atoms with Crippen LogP contribution in [0.4, 0.5) is 5.69 Å². The number of rotatable bonds is 2. The first-order valence-electron chi connectivity index (χ1n) is 6.89. The second-order valence-electron chi connectivity index (χ2n) is 5.22. The van der Waals surface area contributed by atoms with E-state index in [-0.39, 0.29) is 5.91 Å². The number of carbonyl (C=O) groups is 1. The molecule has 0 unspecified atom stereocenters. The summed E-state index contributed by atoms with van der Waals surface area (Å²) in [5, 5.41) is 10.6. The number of nitrogens with zero attached hydrogens (tertiary/aromatic N) is 3. The maximum Gasteiger partial charge on any atom is 0.275 e. The Morgan fingerprint density at radius 1 is 1.27 bits per heavy atom. The predicted octanol–water partition coefficient (Wildman–Crippen LogP) is 2.77. The van der Waals surface area contributed by atoms with Gasteiger partial charge in [0.25, 0.3) is 5.91 Å². The molecule has 108 valence electrons. The number of imidazole rings is 1. The number of anilines is 1. The van der Waals surface area contributed by atoms with E-state index in [0.29, 0.717) is 11.4 Å². The fraction of sp³-hybridized carbons (Fsp3) is 0.0625. The minimum absolute atomic E-state index is 0.232. The molecule has 0 saturated heterocycles. The lowest BCUT2D eigenvalue weighted by Crippen LogP contribution is -2.12. The first-order valence-corrected chi connectivity index (χ1v) is 6.89. The van der Waals surface area contributed by atoms with Crippen LogP contribution in [-0.2, 0) is 0 Å². The lowest BCUT2D eigenvalue weighted by molar-refractivity contribution is 0.102. The van der Waals surface area contributed by atoms with Gasteiger partial charge in [-0.1, -0.05) is 0 Å². The van der Waals surface area contributed by atoms with Crippen LogP contribution < -0.4 is 5.32 Å². The fourth-order valence-electron chi connectivity index (χ4n) is 2.41. The summed E-state index contributed by atoms with van der Waals surface area (Å²) in [5.41, 5.74) is 3.90. The molecule has 6 nitrogen and oxygen atoms in total. The molecule has 4 aromatic rings. The molecule has 22 heavy (non-hydrogen) atoms. The Balaban J connectivity index is 1.64. The zero-order valence-electron chi connectivity index (χ0n) is 11.9. The quantitative estimate of drug-likeness (QED) is 0.596. The van der Waals surface area contributed by atoms with Crippen molar-refractivity contribution in [3.63, 3.8) is 0 Å². The summed E-state index contributed by atoms with van der Waals surface area (Å²) in [7, 11) is 0. The summed E-state index contributed by atoms with van der Waals surface area (Å²) < 4.78 is 1.83. The van der Waals surface area contributed by atoms with E-state index in [4.69, 9.17) is 0 Å². The Morgan fingerprint density at radius 2 is 2.18 bits per heavy atom. The van der Waals surface area contributed by atoms with Crippen molar-refractivity contribution in [1.82, 2.24) is 19.6 Å². The van der Waals surface area contributed by atoms with Crippen molar-refractivity contribution in [2.75, 3.05) is 5.32 Å². The zero-order valence-corrected chi connectivity index (χ0v) is 11.9. The Labute approximate surface area is 125 Å². The van der Waals surface area contributed by atoms with E-state index in [2.05, 4.69) is 20.5 Å². The molecule has 6 heteroatoms. The minimum atomic E-state index is -0.232. The molecule has 0 aliphatic heterocycles. The van der Waals surface area contributed by atoms with Crippen molar-refractivity contribution in [2.45, 2.75) is 6.92 Å². The van der Waals surface area contributed by atoms with Crippen molar-refractivity contribution in [3.8, 4) is 0 Å². The highest BCUT2D eigenvalue weighted by atomic mass is 16.1. The molecule has 0 spiro atoms. The fourth-order valence-corrected chi connectivity index (χ4v) is 2.41. The van der Waals surface area contributed by atoms with Crippen LogP contribution in [0, 0.1) is 6.92 Å². The number of aromatic amines is 1. The lowest BCUT2D eigenvalue weighted by atomic mass is 10.2. The van der Waals surface area contributed by atoms with Gasteiger partial charge in [0.15, 0.2) is 0 Å². The molecule has 0 radical (unpaired) electrons. The van der Waals surface area contributed by atoms with E-state index in [9.17, 15) is 4.79 Å². The van der Waals surface area contributed by atoms with Gasteiger partial charge < -0.3 is 9.72 Å². The van der Waals surface area contributed by atoms with Crippen LogP contribution in [0.15, 0.2) is 48.9 Å². The van der Waals surface area contributed by atoms with Crippen molar-refractivity contribution in [1.29, 1.82) is 0 Å². The molecule has 2 N–H and O–H groups in total. The van der Waals surface area contributed by atoms with Gasteiger partial charge in [-0.25, -0.2) is 4.98 Å². The first kappa shape index (κ1) is 12.6. The molecule has 1 aromatic carbocycles. The Kier molecular flexibility index (Phi) is 2.69. The van der Waals surface area contributed by atoms with E-state index in [0.717, 1.165) is 22.1 Å². The molecule has 0 bridgehead atoms. The molecule has 0 saturated carbocycles. The van der Waals surface area contributed by atoms with Crippen molar-refractivity contribution >= 4 is 28.1 Å². The predicted molar refractivity (Wildman–Crippen MR) is 84.0 cm³/mol. The summed E-state index contributed by atoms with van der Waals surface area (Å²) in [4.78, 5) is 16.7. The summed E-state index contributed by atoms with van der Waals surface area (Å²) in [6.07, 6.45) is 5.34. The number of H-pyrrole nitrogens is 1. The number of amides is 1. The third kappa shape index (κ3) is 2.10. The van der Waals surface area contributed by atoms with Gasteiger partial charge in [0.2, 0.25) is 0 Å². The zero-order chi connectivity index (χ0) is 15.1. The summed E-state index contributed by atoms with van der Waals surface area (Å²) in [5.74, 6) is -0.232. The number of nitrogens with one attached hydrogen (secondary N) is 2. The van der Waals surface area contributed by atoms with Gasteiger partial charge in [-0.05, 0) is 42.8 Å². The van der Waals surface area contributed by atoms with Crippen molar-refractivity contribution in [3.05, 3.63) is 60.2 Å². The maximum absolute atomic E-state index is 12.3. The highest BCUT2D eigenvalue weighted by molar-refractivity contribution is 6.04. The number of fused-ring (bicyclic) bond motifs is 2. The maximum atomic E-state index is 12.3. The molecule has 0 fully saturated rings. The molecule has 0 aliphatic carbocycles. The van der Waals surface area contributed by atoms with Gasteiger partial charge in [0, 0.05) is 23.5 Å². The largest absolute Gasteiger partial charge is 0.321 e. The van der Waals surface area contributed by atoms with E-state index >= 15 is 0 Å². The monoisotopic (exact) mass is 291 g/mol. The van der Waals surface area contributed by atoms with E-state index < -0.39 is 0 Å². The van der Waals surface area contributed by atoms with Gasteiger partial charge in [-0.15, -0.1) is 0 Å². The molecular formula is C16H13N5O. The molecule has 3 heterocycles. The standard InChI is InChI=1S/C16H13N5O/c1-10-4-5-21-9-14(19-15(21)6-10)16(22)18-12-2-3-13-11(7-12)8-17-20-13/h2-9H,1H3,(H,17,20)(H,18,22). The number of aromatic nitrogens is 4. The van der Waals surface area contributed by atoms with Crippen LogP contribution in [0.5, 0.6) is 0 Å². The number of aryl methyl sites for hydroxylation is 1. The van der Waals surface area contributed by atoms with Gasteiger partial charge in [0.1, 0.15) is 11.3 Å². The highest BCUT2D eigenvalue weighted by Gasteiger charge is 2.11. The van der Waals surface area contributed by atoms with E-state index in [1.165, 1.54) is 0 Å². The molecule has 4 rings (SSSR count). The van der Waals surface area contributed by atoms with Crippen molar-refractivity contribution < 1.29 is 4.79 Å². The van der Waals surface area contributed by atoms with Crippen LogP contribution in [0.25, 0.3) is 16.6 Å². The van der Waals surface area contributed by atoms with E-state index in [1.54, 1.807) is 12.4 Å². The van der Waals surface area contributed by atoms with E-state index in [1.807, 2.05) is 47.9 Å². The summed E-state index contributed by atoms with van der Waals surface area (Å²) in [6, 6.07) is 9.50. The third-order valence-corrected chi connectivity index (χ3v) is 3.55. The number of hydrogen-bond acceptors (Lipinski definition) is 3. The number of hydrogen-bond donors (Lipinski definition) is 2. The van der Waals surface area contributed by atoms with Crippen LogP contribution in [0.3, 0.4) is 0 Å². The SMILES string of the molecule is Cc1ccn2cc(C(=O)Nc3ccc4[nH]ncc4c3)nc2c1. The Bertz CT molecular complexity index is 998. The van der Waals surface area contributed by atoms with Crippen LogP contribution in [0.1, 0.15) is 16.1 Å². The van der Waals surface area contributed by atoms with Gasteiger partial charge in [0.05, 0.1) is 11.7 Å². The molecule has 0 atom stereocenters. The molecular weight excluding hydrogens is 278 g/mol. The summed E-state index contributed by atoms with van der Waals surface area (Å²) in [6.45, 7) is 1.99. The van der Waals surface area contributed by atoms with Gasteiger partial charge in [-0.2, -0.15) is 5.10 Å². The molecule has 3 aromatic heterocycles. The third-order valence-electron chi connectivity index (χ3n) is 3.55. The Hall–Kier alpha value is -3.15. The average Bonchev–Trinajstić information content (AvgIpc) is 3.12. The Morgan fingerprint density at radius 3 is 3.09 bits per heavy atom. The highest BCUT2D eigenvalue weighted by Crippen LogP contribution is 2.17. The number of benzene rings is 1.